The van der Waals surface area contributed by atoms with Crippen LogP contribution in [0.5, 0.6) is 0 Å². The Balaban J connectivity index is 2.29. The van der Waals surface area contributed by atoms with Crippen LogP contribution in [0.2, 0.25) is 0 Å². The number of carbonyl (C=O) groups excluding carboxylic acids is 1. The summed E-state index contributed by atoms with van der Waals surface area (Å²) in [6.45, 7) is 3.29. The van der Waals surface area contributed by atoms with Crippen molar-refractivity contribution in [1.82, 2.24) is 5.32 Å². The Morgan fingerprint density at radius 3 is 3.00 bits per heavy atom. The molecule has 0 aromatic heterocycles. The summed E-state index contributed by atoms with van der Waals surface area (Å²) in [4.78, 5) is 23.5. The number of nitro groups is 1. The highest BCUT2D eigenvalue weighted by Gasteiger charge is 2.31. The van der Waals surface area contributed by atoms with Gasteiger partial charge in [-0.2, -0.15) is 0 Å². The van der Waals surface area contributed by atoms with Crippen LogP contribution >= 0.6 is 0 Å². The van der Waals surface area contributed by atoms with Crippen LogP contribution in [-0.4, -0.2) is 43.2 Å². The third-order valence-corrected chi connectivity index (χ3v) is 3.25. The maximum atomic E-state index is 14.1. The van der Waals surface area contributed by atoms with Crippen LogP contribution in [0.15, 0.2) is 18.2 Å². The van der Waals surface area contributed by atoms with Gasteiger partial charge in [-0.25, -0.2) is 9.18 Å². The lowest BCUT2D eigenvalue weighted by Gasteiger charge is -2.36. The van der Waals surface area contributed by atoms with Crippen LogP contribution in [-0.2, 0) is 9.53 Å². The molecule has 1 aliphatic rings. The van der Waals surface area contributed by atoms with Crippen molar-refractivity contribution in [2.75, 3.05) is 31.1 Å². The number of benzene rings is 1. The molecule has 0 aliphatic carbocycles. The van der Waals surface area contributed by atoms with E-state index in [1.54, 1.807) is 11.8 Å². The Hall–Kier alpha value is -2.22. The molecule has 0 amide bonds. The number of nitro benzene ring substituents is 1. The minimum absolute atomic E-state index is 0.167. The van der Waals surface area contributed by atoms with Gasteiger partial charge in [-0.15, -0.1) is 0 Å². The van der Waals surface area contributed by atoms with Gasteiger partial charge < -0.3 is 15.0 Å². The molecule has 1 unspecified atom stereocenters. The average Bonchev–Trinajstić information content (AvgIpc) is 2.47. The van der Waals surface area contributed by atoms with Gasteiger partial charge in [-0.05, 0) is 13.0 Å². The Bertz CT molecular complexity index is 552. The zero-order valence-electron chi connectivity index (χ0n) is 11.5. The normalized spacial score (nSPS) is 18.4. The molecule has 7 nitrogen and oxygen atoms in total. The van der Waals surface area contributed by atoms with Gasteiger partial charge >= 0.3 is 5.97 Å². The first-order valence-electron chi connectivity index (χ1n) is 6.62. The second-order valence-electron chi connectivity index (χ2n) is 4.56. The van der Waals surface area contributed by atoms with E-state index in [2.05, 4.69) is 5.32 Å². The molecule has 1 aromatic carbocycles. The Labute approximate surface area is 120 Å². The number of anilines is 1. The van der Waals surface area contributed by atoms with E-state index in [0.29, 0.717) is 19.6 Å². The Morgan fingerprint density at radius 1 is 1.62 bits per heavy atom. The van der Waals surface area contributed by atoms with Crippen molar-refractivity contribution in [3.63, 3.8) is 0 Å². The molecule has 0 saturated carbocycles. The highest BCUT2D eigenvalue weighted by molar-refractivity contribution is 5.81. The fraction of sp³-hybridized carbons (Fsp3) is 0.462. The zero-order valence-corrected chi connectivity index (χ0v) is 11.5. The third-order valence-electron chi connectivity index (χ3n) is 3.25. The highest BCUT2D eigenvalue weighted by Crippen LogP contribution is 2.26. The predicted octanol–water partition coefficient (Wildman–Crippen LogP) is 1.08. The van der Waals surface area contributed by atoms with Crippen LogP contribution in [0.3, 0.4) is 0 Å². The van der Waals surface area contributed by atoms with Gasteiger partial charge in [-0.3, -0.25) is 10.1 Å². The standard InChI is InChI=1S/C13H16FN3O4/c1-2-21-13(18)12-8-15-5-6-16(12)11-4-3-9(17(19)20)7-10(11)14/h3-4,7,12,15H,2,5-6,8H2,1H3. The Kier molecular flexibility index (Phi) is 4.69. The summed E-state index contributed by atoms with van der Waals surface area (Å²) in [5, 5.41) is 13.7. The largest absolute Gasteiger partial charge is 0.464 e. The minimum Gasteiger partial charge on any atom is -0.464 e. The summed E-state index contributed by atoms with van der Waals surface area (Å²) in [7, 11) is 0. The van der Waals surface area contributed by atoms with Gasteiger partial charge in [0, 0.05) is 25.7 Å². The molecule has 1 aliphatic heterocycles. The highest BCUT2D eigenvalue weighted by atomic mass is 19.1. The monoisotopic (exact) mass is 297 g/mol. The van der Waals surface area contributed by atoms with Gasteiger partial charge in [0.25, 0.3) is 5.69 Å². The first-order valence-corrected chi connectivity index (χ1v) is 6.62. The van der Waals surface area contributed by atoms with Crippen LogP contribution in [0, 0.1) is 15.9 Å². The van der Waals surface area contributed by atoms with Crippen molar-refractivity contribution < 1.29 is 18.8 Å². The molecular weight excluding hydrogens is 281 g/mol. The zero-order chi connectivity index (χ0) is 15.4. The average molecular weight is 297 g/mol. The van der Waals surface area contributed by atoms with Gasteiger partial charge in [0.1, 0.15) is 6.04 Å². The van der Waals surface area contributed by atoms with Crippen LogP contribution < -0.4 is 10.2 Å². The molecule has 2 rings (SSSR count). The number of nitrogens with zero attached hydrogens (tertiary/aromatic N) is 2. The van der Waals surface area contributed by atoms with Crippen molar-refractivity contribution in [2.45, 2.75) is 13.0 Å². The third kappa shape index (κ3) is 3.27. The molecule has 1 fully saturated rings. The molecule has 21 heavy (non-hydrogen) atoms. The van der Waals surface area contributed by atoms with Crippen molar-refractivity contribution in [1.29, 1.82) is 0 Å². The fourth-order valence-corrected chi connectivity index (χ4v) is 2.28. The van der Waals surface area contributed by atoms with Gasteiger partial charge in [0.2, 0.25) is 0 Å². The quantitative estimate of drug-likeness (QED) is 0.508. The van der Waals surface area contributed by atoms with E-state index in [-0.39, 0.29) is 18.0 Å². The summed E-state index contributed by atoms with van der Waals surface area (Å²) >= 11 is 0. The molecule has 1 N–H and O–H groups in total. The van der Waals surface area contributed by atoms with E-state index in [1.807, 2.05) is 0 Å². The number of hydrogen-bond donors (Lipinski definition) is 1. The molecule has 1 saturated heterocycles. The SMILES string of the molecule is CCOC(=O)C1CNCCN1c1ccc([N+](=O)[O-])cc1F. The predicted molar refractivity (Wildman–Crippen MR) is 73.7 cm³/mol. The van der Waals surface area contributed by atoms with Crippen LogP contribution in [0.25, 0.3) is 0 Å². The molecular formula is C13H16FN3O4. The molecule has 1 heterocycles. The molecule has 1 atom stereocenters. The number of halogens is 1. The van der Waals surface area contributed by atoms with Crippen molar-refractivity contribution in [3.8, 4) is 0 Å². The van der Waals surface area contributed by atoms with Crippen molar-refractivity contribution in [2.24, 2.45) is 0 Å². The van der Waals surface area contributed by atoms with E-state index in [1.165, 1.54) is 12.1 Å². The van der Waals surface area contributed by atoms with E-state index in [0.717, 1.165) is 6.07 Å². The number of hydrogen-bond acceptors (Lipinski definition) is 6. The molecule has 1 aromatic rings. The smallest absolute Gasteiger partial charge is 0.330 e. The summed E-state index contributed by atoms with van der Waals surface area (Å²) in [5.41, 5.74) is -0.153. The number of ether oxygens (including phenoxy) is 1. The number of piperazine rings is 1. The first-order chi connectivity index (χ1) is 10.0. The number of rotatable bonds is 4. The van der Waals surface area contributed by atoms with E-state index >= 15 is 0 Å². The lowest BCUT2D eigenvalue weighted by Crippen LogP contribution is -2.56. The molecule has 0 spiro atoms. The van der Waals surface area contributed by atoms with Crippen LogP contribution in [0.1, 0.15) is 6.92 Å². The maximum absolute atomic E-state index is 14.1. The lowest BCUT2D eigenvalue weighted by molar-refractivity contribution is -0.385. The second kappa shape index (κ2) is 6.49. The maximum Gasteiger partial charge on any atom is 0.330 e. The molecule has 8 heteroatoms. The number of carbonyl (C=O) groups is 1. The fourth-order valence-electron chi connectivity index (χ4n) is 2.28. The number of esters is 1. The van der Waals surface area contributed by atoms with Crippen LogP contribution in [0.4, 0.5) is 15.8 Å². The molecule has 0 radical (unpaired) electrons. The van der Waals surface area contributed by atoms with E-state index in [4.69, 9.17) is 4.74 Å². The van der Waals surface area contributed by atoms with E-state index in [9.17, 15) is 19.3 Å². The number of non-ortho nitro benzene ring substituents is 1. The van der Waals surface area contributed by atoms with Crippen molar-refractivity contribution >= 4 is 17.3 Å². The summed E-state index contributed by atoms with van der Waals surface area (Å²) < 4.78 is 19.1. The Morgan fingerprint density at radius 2 is 2.38 bits per heavy atom. The topological polar surface area (TPSA) is 84.7 Å². The minimum atomic E-state index is -0.722. The lowest BCUT2D eigenvalue weighted by atomic mass is 10.1. The van der Waals surface area contributed by atoms with E-state index < -0.39 is 22.8 Å². The van der Waals surface area contributed by atoms with Gasteiger partial charge in [0.15, 0.2) is 5.82 Å². The summed E-state index contributed by atoms with van der Waals surface area (Å²) in [6, 6.07) is 2.77. The number of nitrogens with one attached hydrogen (secondary N) is 1. The van der Waals surface area contributed by atoms with Gasteiger partial charge in [-0.1, -0.05) is 0 Å². The summed E-state index contributed by atoms with van der Waals surface area (Å²) in [6.07, 6.45) is 0. The molecule has 0 bridgehead atoms. The summed E-state index contributed by atoms with van der Waals surface area (Å²) in [5.74, 6) is -1.16. The molecule has 114 valence electrons. The van der Waals surface area contributed by atoms with Gasteiger partial charge in [0.05, 0.1) is 23.3 Å². The first kappa shape index (κ1) is 15.2. The van der Waals surface area contributed by atoms with Crippen molar-refractivity contribution in [3.05, 3.63) is 34.1 Å². The second-order valence-corrected chi connectivity index (χ2v) is 4.56.